The van der Waals surface area contributed by atoms with Crippen molar-refractivity contribution in [3.63, 3.8) is 0 Å². The van der Waals surface area contributed by atoms with Gasteiger partial charge in [0.1, 0.15) is 12.9 Å². The zero-order valence-electron chi connectivity index (χ0n) is 11.5. The molecule has 21 heavy (non-hydrogen) atoms. The lowest BCUT2D eigenvalue weighted by molar-refractivity contribution is -0.207. The number of nitrogens with one attached hydrogen (secondary N) is 1. The van der Waals surface area contributed by atoms with E-state index in [1.54, 1.807) is 6.92 Å². The Morgan fingerprint density at radius 1 is 1.67 bits per heavy atom. The van der Waals surface area contributed by atoms with Crippen LogP contribution in [0.15, 0.2) is 15.8 Å². The quantitative estimate of drug-likeness (QED) is 0.713. The summed E-state index contributed by atoms with van der Waals surface area (Å²) >= 11 is 4.36. The van der Waals surface area contributed by atoms with Crippen LogP contribution >= 0.6 is 6.72 Å². The van der Waals surface area contributed by atoms with Gasteiger partial charge in [-0.25, -0.2) is 4.79 Å². The second-order valence-corrected chi connectivity index (χ2v) is 7.40. The molecule has 1 aliphatic heterocycles. The Morgan fingerprint density at radius 3 is 2.90 bits per heavy atom. The molecule has 2 N–H and O–H groups in total. The van der Waals surface area contributed by atoms with Crippen molar-refractivity contribution in [1.82, 2.24) is 9.55 Å². The third-order valence-corrected chi connectivity index (χ3v) is 4.10. The zero-order valence-corrected chi connectivity index (χ0v) is 13.2. The van der Waals surface area contributed by atoms with Crippen molar-refractivity contribution in [3.8, 4) is 0 Å². The molecule has 8 nitrogen and oxygen atoms in total. The number of hydrogen-bond donors (Lipinski definition) is 2. The summed E-state index contributed by atoms with van der Waals surface area (Å²) in [6.45, 7) is -0.656. The Labute approximate surface area is 125 Å². The standard InChI is InChI=1S/C11H17N2O6PS/c1-3-7-8(19-20(16,17)21)4-9(18-7)13-5-6(2)10(14)12-11(13)15/h5,7-9H,3-4H2,1-2H3,(H,12,14,15)(H2,16,17,21)/p-1/t7-,8?,9-/m1/s1. The van der Waals surface area contributed by atoms with Gasteiger partial charge in [0.25, 0.3) is 5.56 Å². The molecule has 1 aromatic heterocycles. The first kappa shape index (κ1) is 16.5. The van der Waals surface area contributed by atoms with Gasteiger partial charge in [-0.2, -0.15) is 0 Å². The molecular formula is C11H16N2O6PS-. The van der Waals surface area contributed by atoms with E-state index in [0.29, 0.717) is 12.0 Å². The molecule has 10 heteroatoms. The molecule has 0 spiro atoms. The van der Waals surface area contributed by atoms with Crippen LogP contribution < -0.4 is 16.1 Å². The Morgan fingerprint density at radius 2 is 2.33 bits per heavy atom. The second kappa shape index (κ2) is 6.12. The SMILES string of the molecule is CC[C@H]1O[C@@H](n2cc(C)c(=O)[nH]c2=O)CC1OP([O-])(O)=S. The number of ether oxygens (including phenoxy) is 1. The van der Waals surface area contributed by atoms with Gasteiger partial charge in [-0.15, -0.1) is 0 Å². The molecule has 1 saturated heterocycles. The van der Waals surface area contributed by atoms with Gasteiger partial charge in [0, 0.05) is 18.2 Å². The average Bonchev–Trinajstić information content (AvgIpc) is 2.74. The number of aryl methyl sites for hydroxylation is 1. The molecule has 118 valence electrons. The number of rotatable bonds is 4. The van der Waals surface area contributed by atoms with Crippen LogP contribution in [0.4, 0.5) is 0 Å². The summed E-state index contributed by atoms with van der Waals surface area (Å²) in [6.07, 6.45) is 0.334. The predicted molar refractivity (Wildman–Crippen MR) is 76.3 cm³/mol. The van der Waals surface area contributed by atoms with Crippen LogP contribution in [0.25, 0.3) is 0 Å². The molecule has 1 aromatic rings. The second-order valence-electron chi connectivity index (χ2n) is 4.86. The van der Waals surface area contributed by atoms with Crippen molar-refractivity contribution in [2.45, 2.75) is 45.1 Å². The summed E-state index contributed by atoms with van der Waals surface area (Å²) in [5, 5.41) is 0. The minimum absolute atomic E-state index is 0.199. The van der Waals surface area contributed by atoms with Gasteiger partial charge >= 0.3 is 5.69 Å². The summed E-state index contributed by atoms with van der Waals surface area (Å²) in [4.78, 5) is 45.8. The van der Waals surface area contributed by atoms with Gasteiger partial charge in [0.05, 0.1) is 12.2 Å². The average molecular weight is 335 g/mol. The van der Waals surface area contributed by atoms with E-state index in [2.05, 4.69) is 16.8 Å². The van der Waals surface area contributed by atoms with E-state index in [1.807, 2.05) is 6.92 Å². The molecule has 0 radical (unpaired) electrons. The van der Waals surface area contributed by atoms with Crippen LogP contribution in [-0.4, -0.2) is 26.7 Å². The normalized spacial score (nSPS) is 28.5. The lowest BCUT2D eigenvalue weighted by Gasteiger charge is -2.26. The summed E-state index contributed by atoms with van der Waals surface area (Å²) in [7, 11) is 0. The fourth-order valence-corrected chi connectivity index (χ4v) is 3.21. The maximum atomic E-state index is 11.8. The van der Waals surface area contributed by atoms with Crippen molar-refractivity contribution in [2.75, 3.05) is 0 Å². The van der Waals surface area contributed by atoms with E-state index in [9.17, 15) is 14.5 Å². The van der Waals surface area contributed by atoms with Crippen LogP contribution in [0.1, 0.15) is 31.6 Å². The molecule has 1 fully saturated rings. The summed E-state index contributed by atoms with van der Waals surface area (Å²) < 4.78 is 11.9. The first-order valence-electron chi connectivity index (χ1n) is 6.41. The smallest absolute Gasteiger partial charge is 0.330 e. The Hall–Kier alpha value is -0.830. The fourth-order valence-electron chi connectivity index (χ4n) is 2.32. The van der Waals surface area contributed by atoms with E-state index in [1.165, 1.54) is 10.8 Å². The van der Waals surface area contributed by atoms with E-state index in [0.717, 1.165) is 0 Å². The van der Waals surface area contributed by atoms with Gasteiger partial charge in [-0.05, 0) is 13.3 Å². The number of aromatic nitrogens is 2. The molecule has 2 unspecified atom stereocenters. The molecule has 0 amide bonds. The highest BCUT2D eigenvalue weighted by molar-refractivity contribution is 8.06. The highest BCUT2D eigenvalue weighted by Crippen LogP contribution is 2.41. The van der Waals surface area contributed by atoms with Crippen LogP contribution in [0.5, 0.6) is 0 Å². The molecule has 0 bridgehead atoms. The summed E-state index contributed by atoms with van der Waals surface area (Å²) in [5.41, 5.74) is -0.692. The van der Waals surface area contributed by atoms with E-state index < -0.39 is 36.4 Å². The third kappa shape index (κ3) is 3.88. The van der Waals surface area contributed by atoms with Crippen LogP contribution in [-0.2, 0) is 21.1 Å². The molecule has 1 aliphatic rings. The fraction of sp³-hybridized carbons (Fsp3) is 0.636. The summed E-state index contributed by atoms with van der Waals surface area (Å²) in [5.74, 6) is 0. The molecule has 2 rings (SSSR count). The van der Waals surface area contributed by atoms with Crippen molar-refractivity contribution >= 4 is 18.5 Å². The van der Waals surface area contributed by atoms with Gasteiger partial charge < -0.3 is 19.0 Å². The minimum Gasteiger partial charge on any atom is -0.780 e. The van der Waals surface area contributed by atoms with Crippen molar-refractivity contribution in [1.29, 1.82) is 0 Å². The molecule has 2 heterocycles. The van der Waals surface area contributed by atoms with Gasteiger partial charge in [0.15, 0.2) is 0 Å². The van der Waals surface area contributed by atoms with Crippen molar-refractivity contribution in [2.24, 2.45) is 0 Å². The van der Waals surface area contributed by atoms with E-state index in [4.69, 9.17) is 14.2 Å². The van der Waals surface area contributed by atoms with Crippen molar-refractivity contribution in [3.05, 3.63) is 32.6 Å². The highest BCUT2D eigenvalue weighted by Gasteiger charge is 2.37. The molecular weight excluding hydrogens is 319 g/mol. The topological polar surface area (TPSA) is 117 Å². The van der Waals surface area contributed by atoms with Gasteiger partial charge in [-0.3, -0.25) is 14.3 Å². The lowest BCUT2D eigenvalue weighted by Crippen LogP contribution is -2.33. The Balaban J connectivity index is 2.27. The largest absolute Gasteiger partial charge is 0.780 e. The summed E-state index contributed by atoms with van der Waals surface area (Å²) in [6, 6.07) is 0. The first-order valence-corrected chi connectivity index (χ1v) is 9.00. The number of aromatic amines is 1. The van der Waals surface area contributed by atoms with E-state index in [-0.39, 0.29) is 6.42 Å². The predicted octanol–water partition coefficient (Wildman–Crippen LogP) is -0.495. The van der Waals surface area contributed by atoms with Crippen LogP contribution in [0.3, 0.4) is 0 Å². The molecule has 0 aliphatic carbocycles. The molecule has 4 atom stereocenters. The zero-order chi connectivity index (χ0) is 15.8. The van der Waals surface area contributed by atoms with Gasteiger partial charge in [0.2, 0.25) is 0 Å². The Bertz CT molecular complexity index is 680. The first-order chi connectivity index (χ1) is 9.71. The van der Waals surface area contributed by atoms with Crippen LogP contribution in [0, 0.1) is 6.92 Å². The number of nitrogens with zero attached hydrogens (tertiary/aromatic N) is 1. The number of hydrogen-bond acceptors (Lipinski definition) is 6. The maximum Gasteiger partial charge on any atom is 0.330 e. The maximum absolute atomic E-state index is 11.8. The highest BCUT2D eigenvalue weighted by atomic mass is 32.5. The lowest BCUT2D eigenvalue weighted by atomic mass is 10.1. The molecule has 0 aromatic carbocycles. The van der Waals surface area contributed by atoms with Crippen LogP contribution in [0.2, 0.25) is 0 Å². The minimum atomic E-state index is -4.05. The van der Waals surface area contributed by atoms with Gasteiger partial charge in [-0.1, -0.05) is 18.7 Å². The van der Waals surface area contributed by atoms with Crippen molar-refractivity contribution < 1.29 is 19.0 Å². The third-order valence-electron chi connectivity index (χ3n) is 3.31. The Kier molecular flexibility index (Phi) is 4.82. The molecule has 0 saturated carbocycles. The van der Waals surface area contributed by atoms with E-state index >= 15 is 0 Å². The number of H-pyrrole nitrogens is 1. The monoisotopic (exact) mass is 335 g/mol.